The van der Waals surface area contributed by atoms with Crippen molar-refractivity contribution in [2.75, 3.05) is 13.6 Å². The van der Waals surface area contributed by atoms with Crippen molar-refractivity contribution in [2.24, 2.45) is 10.4 Å². The van der Waals surface area contributed by atoms with Crippen LogP contribution in [0.15, 0.2) is 4.99 Å². The Balaban J connectivity index is 0.00000176. The summed E-state index contributed by atoms with van der Waals surface area (Å²) in [5.74, 6) is 0.843. The van der Waals surface area contributed by atoms with E-state index in [1.165, 1.54) is 12.8 Å². The number of nitrogens with one attached hydrogen (secondary N) is 2. The van der Waals surface area contributed by atoms with Gasteiger partial charge in [0.2, 0.25) is 0 Å². The highest BCUT2D eigenvalue weighted by atomic mass is 127. The molecule has 5 atom stereocenters. The van der Waals surface area contributed by atoms with Crippen LogP contribution < -0.4 is 10.6 Å². The zero-order valence-electron chi connectivity index (χ0n) is 13.7. The number of aliphatic imine (C=N–C) groups is 1. The molecule has 5 unspecified atom stereocenters. The summed E-state index contributed by atoms with van der Waals surface area (Å²) < 4.78 is 5.88. The van der Waals surface area contributed by atoms with Crippen LogP contribution in [0.2, 0.25) is 0 Å². The second-order valence-electron chi connectivity index (χ2n) is 7.20. The van der Waals surface area contributed by atoms with Crippen LogP contribution in [-0.2, 0) is 4.74 Å². The third-order valence-corrected chi connectivity index (χ3v) is 5.59. The molecule has 2 saturated heterocycles. The highest BCUT2D eigenvalue weighted by molar-refractivity contribution is 14.0. The maximum atomic E-state index is 10.3. The van der Waals surface area contributed by atoms with Crippen LogP contribution >= 0.6 is 24.0 Å². The number of halogens is 1. The second-order valence-corrected chi connectivity index (χ2v) is 7.20. The van der Waals surface area contributed by atoms with Gasteiger partial charge in [0.15, 0.2) is 5.96 Å². The summed E-state index contributed by atoms with van der Waals surface area (Å²) in [7, 11) is 1.81. The minimum Gasteiger partial charge on any atom is -0.392 e. The molecule has 128 valence electrons. The zero-order chi connectivity index (χ0) is 14.9. The van der Waals surface area contributed by atoms with Gasteiger partial charge in [-0.15, -0.1) is 24.0 Å². The number of hydrogen-bond donors (Lipinski definition) is 3. The Labute approximate surface area is 150 Å². The van der Waals surface area contributed by atoms with Crippen LogP contribution in [0.3, 0.4) is 0 Å². The molecule has 5 nitrogen and oxygen atoms in total. The predicted octanol–water partition coefficient (Wildman–Crippen LogP) is 2.03. The molecular weight excluding hydrogens is 393 g/mol. The minimum absolute atomic E-state index is 0. The smallest absolute Gasteiger partial charge is 0.191 e. The van der Waals surface area contributed by atoms with Crippen molar-refractivity contribution in [3.8, 4) is 0 Å². The van der Waals surface area contributed by atoms with Crippen LogP contribution in [0.1, 0.15) is 51.9 Å². The molecule has 1 saturated carbocycles. The van der Waals surface area contributed by atoms with E-state index in [0.717, 1.165) is 44.6 Å². The van der Waals surface area contributed by atoms with Crippen LogP contribution in [0, 0.1) is 5.41 Å². The largest absolute Gasteiger partial charge is 0.392 e. The summed E-state index contributed by atoms with van der Waals surface area (Å²) in [6, 6.07) is 0.388. The summed E-state index contributed by atoms with van der Waals surface area (Å²) in [5.41, 5.74) is -0.0406. The second kappa shape index (κ2) is 7.66. The number of aliphatic hydroxyl groups is 1. The predicted molar refractivity (Wildman–Crippen MR) is 98.8 cm³/mol. The SMILES string of the molecule is CN=C(NCC1(C)CCCCC1O)NC1CC2CCC1O2.I. The monoisotopic (exact) mass is 423 g/mol. The highest BCUT2D eigenvalue weighted by Crippen LogP contribution is 2.36. The van der Waals surface area contributed by atoms with E-state index < -0.39 is 0 Å². The van der Waals surface area contributed by atoms with E-state index in [1.54, 1.807) is 0 Å². The third-order valence-electron chi connectivity index (χ3n) is 5.59. The molecule has 22 heavy (non-hydrogen) atoms. The summed E-state index contributed by atoms with van der Waals surface area (Å²) in [6.45, 7) is 2.95. The van der Waals surface area contributed by atoms with Gasteiger partial charge in [-0.1, -0.05) is 19.8 Å². The number of nitrogens with zero attached hydrogens (tertiary/aromatic N) is 1. The van der Waals surface area contributed by atoms with Crippen molar-refractivity contribution in [3.05, 3.63) is 0 Å². The van der Waals surface area contributed by atoms with E-state index >= 15 is 0 Å². The molecule has 3 fully saturated rings. The van der Waals surface area contributed by atoms with E-state index in [0.29, 0.717) is 18.2 Å². The topological polar surface area (TPSA) is 65.9 Å². The van der Waals surface area contributed by atoms with Crippen molar-refractivity contribution in [3.63, 3.8) is 0 Å². The lowest BCUT2D eigenvalue weighted by atomic mass is 9.73. The van der Waals surface area contributed by atoms with E-state index in [1.807, 2.05) is 7.05 Å². The van der Waals surface area contributed by atoms with Crippen molar-refractivity contribution >= 4 is 29.9 Å². The van der Waals surface area contributed by atoms with Crippen LogP contribution in [0.4, 0.5) is 0 Å². The summed E-state index contributed by atoms with van der Waals surface area (Å²) in [6.07, 6.45) is 8.41. The lowest BCUT2D eigenvalue weighted by Gasteiger charge is -2.39. The lowest BCUT2D eigenvalue weighted by Crippen LogP contribution is -2.52. The number of rotatable bonds is 3. The van der Waals surface area contributed by atoms with E-state index in [9.17, 15) is 5.11 Å². The number of aliphatic hydroxyl groups excluding tert-OH is 1. The fraction of sp³-hybridized carbons (Fsp3) is 0.938. The Morgan fingerprint density at radius 2 is 2.14 bits per heavy atom. The first-order valence-corrected chi connectivity index (χ1v) is 8.41. The van der Waals surface area contributed by atoms with Gasteiger partial charge in [0, 0.05) is 19.0 Å². The maximum Gasteiger partial charge on any atom is 0.191 e. The van der Waals surface area contributed by atoms with Gasteiger partial charge >= 0.3 is 0 Å². The summed E-state index contributed by atoms with van der Waals surface area (Å²) in [4.78, 5) is 4.33. The summed E-state index contributed by atoms with van der Waals surface area (Å²) in [5, 5.41) is 17.2. The Hall–Kier alpha value is -0.0800. The van der Waals surface area contributed by atoms with Crippen LogP contribution in [-0.4, -0.2) is 49.0 Å². The first kappa shape index (κ1) is 18.3. The average Bonchev–Trinajstić information content (AvgIpc) is 3.09. The van der Waals surface area contributed by atoms with Crippen LogP contribution in [0.25, 0.3) is 0 Å². The standard InChI is InChI=1S/C16H29N3O2.HI/c1-16(8-4-3-5-14(16)20)10-18-15(17-2)19-12-9-11-6-7-13(12)21-11;/h11-14,20H,3-10H2,1-2H3,(H2,17,18,19);1H. The molecule has 3 N–H and O–H groups in total. The molecule has 0 spiro atoms. The van der Waals surface area contributed by atoms with Gasteiger partial charge in [-0.2, -0.15) is 0 Å². The first-order valence-electron chi connectivity index (χ1n) is 8.41. The Kier molecular flexibility index (Phi) is 6.36. The minimum atomic E-state index is -0.206. The van der Waals surface area contributed by atoms with Gasteiger partial charge in [-0.05, 0) is 32.1 Å². The van der Waals surface area contributed by atoms with Gasteiger partial charge in [0.1, 0.15) is 0 Å². The van der Waals surface area contributed by atoms with Crippen molar-refractivity contribution in [2.45, 2.75) is 76.2 Å². The van der Waals surface area contributed by atoms with E-state index in [-0.39, 0.29) is 35.5 Å². The number of guanidine groups is 1. The number of fused-ring (bicyclic) bond motifs is 2. The molecule has 0 aromatic rings. The highest BCUT2D eigenvalue weighted by Gasteiger charge is 2.41. The van der Waals surface area contributed by atoms with E-state index in [2.05, 4.69) is 22.5 Å². The molecule has 3 rings (SSSR count). The molecule has 0 amide bonds. The molecule has 2 heterocycles. The molecule has 0 radical (unpaired) electrons. The van der Waals surface area contributed by atoms with Crippen molar-refractivity contribution in [1.82, 2.24) is 10.6 Å². The van der Waals surface area contributed by atoms with E-state index in [4.69, 9.17) is 4.74 Å². The maximum absolute atomic E-state index is 10.3. The van der Waals surface area contributed by atoms with Gasteiger partial charge in [0.05, 0.1) is 24.4 Å². The van der Waals surface area contributed by atoms with Gasteiger partial charge in [-0.3, -0.25) is 4.99 Å². The van der Waals surface area contributed by atoms with Crippen molar-refractivity contribution in [1.29, 1.82) is 0 Å². The molecule has 0 aromatic heterocycles. The van der Waals surface area contributed by atoms with Crippen molar-refractivity contribution < 1.29 is 9.84 Å². The molecular formula is C16H30IN3O2. The van der Waals surface area contributed by atoms with Crippen LogP contribution in [0.5, 0.6) is 0 Å². The average molecular weight is 423 g/mol. The Bertz CT molecular complexity index is 407. The fourth-order valence-electron chi connectivity index (χ4n) is 4.03. The molecule has 3 aliphatic rings. The number of ether oxygens (including phenoxy) is 1. The quantitative estimate of drug-likeness (QED) is 0.369. The normalized spacial score (nSPS) is 41.1. The lowest BCUT2D eigenvalue weighted by molar-refractivity contribution is 0.00392. The van der Waals surface area contributed by atoms with Gasteiger partial charge in [-0.25, -0.2) is 0 Å². The molecule has 0 aromatic carbocycles. The van der Waals surface area contributed by atoms with Gasteiger partial charge < -0.3 is 20.5 Å². The molecule has 2 aliphatic heterocycles. The first-order chi connectivity index (χ1) is 10.1. The molecule has 1 aliphatic carbocycles. The summed E-state index contributed by atoms with van der Waals surface area (Å²) >= 11 is 0. The zero-order valence-corrected chi connectivity index (χ0v) is 16.0. The third kappa shape index (κ3) is 3.87. The Morgan fingerprint density at radius 3 is 2.73 bits per heavy atom. The molecule has 6 heteroatoms. The fourth-order valence-corrected chi connectivity index (χ4v) is 4.03. The molecule has 2 bridgehead atoms. The number of hydrogen-bond acceptors (Lipinski definition) is 3. The Morgan fingerprint density at radius 1 is 1.32 bits per heavy atom. The van der Waals surface area contributed by atoms with Gasteiger partial charge in [0.25, 0.3) is 0 Å².